The summed E-state index contributed by atoms with van der Waals surface area (Å²) in [5.74, 6) is 0. The molecule has 0 unspecified atom stereocenters. The molecule has 0 amide bonds. The predicted molar refractivity (Wildman–Crippen MR) is 82.2 cm³/mol. The molecule has 0 aromatic heterocycles. The second-order valence-corrected chi connectivity index (χ2v) is 7.26. The Morgan fingerprint density at radius 1 is 1.33 bits per heavy atom. The lowest BCUT2D eigenvalue weighted by Gasteiger charge is -2.28. The second-order valence-electron chi connectivity index (χ2n) is 5.20. The van der Waals surface area contributed by atoms with E-state index >= 15 is 0 Å². The van der Waals surface area contributed by atoms with Gasteiger partial charge in [-0.05, 0) is 38.3 Å². The molecule has 0 radical (unpaired) electrons. The third kappa shape index (κ3) is 3.93. The fourth-order valence-electron chi connectivity index (χ4n) is 1.85. The van der Waals surface area contributed by atoms with E-state index < -0.39 is 26.2 Å². The molecule has 118 valence electrons. The Labute approximate surface area is 129 Å². The first-order valence-corrected chi connectivity index (χ1v) is 8.41. The van der Waals surface area contributed by atoms with Crippen LogP contribution in [0.15, 0.2) is 17.0 Å². The van der Waals surface area contributed by atoms with E-state index in [1.54, 1.807) is 13.8 Å². The molecule has 0 saturated carbocycles. The summed E-state index contributed by atoms with van der Waals surface area (Å²) in [5, 5.41) is 10.8. The first-order chi connectivity index (χ1) is 9.56. The van der Waals surface area contributed by atoms with E-state index in [-0.39, 0.29) is 9.92 Å². The SMILES string of the molecule is CCC(C)(CC)NS(=O)(=O)c1cc([N+](=O)[O-])c(Cl)cc1C. The molecular formula is C13H19ClN2O4S. The van der Waals surface area contributed by atoms with E-state index in [1.807, 2.05) is 13.8 Å². The van der Waals surface area contributed by atoms with Gasteiger partial charge in [0.1, 0.15) is 5.02 Å². The van der Waals surface area contributed by atoms with Crippen molar-refractivity contribution in [3.8, 4) is 0 Å². The van der Waals surface area contributed by atoms with E-state index in [1.165, 1.54) is 6.07 Å². The highest BCUT2D eigenvalue weighted by Gasteiger charge is 2.30. The maximum Gasteiger partial charge on any atom is 0.289 e. The van der Waals surface area contributed by atoms with Gasteiger partial charge in [-0.3, -0.25) is 10.1 Å². The van der Waals surface area contributed by atoms with Crippen molar-refractivity contribution in [1.82, 2.24) is 4.72 Å². The number of hydrogen-bond donors (Lipinski definition) is 1. The van der Waals surface area contributed by atoms with Crippen LogP contribution in [0.3, 0.4) is 0 Å². The quantitative estimate of drug-likeness (QED) is 0.637. The van der Waals surface area contributed by atoms with Gasteiger partial charge in [0.15, 0.2) is 0 Å². The van der Waals surface area contributed by atoms with Gasteiger partial charge in [0.25, 0.3) is 5.69 Å². The Balaban J connectivity index is 3.39. The van der Waals surface area contributed by atoms with Crippen LogP contribution in [0.2, 0.25) is 5.02 Å². The van der Waals surface area contributed by atoms with Crippen LogP contribution in [0.1, 0.15) is 39.2 Å². The molecule has 0 fully saturated rings. The molecule has 8 heteroatoms. The number of nitro benzene ring substituents is 1. The van der Waals surface area contributed by atoms with Gasteiger partial charge >= 0.3 is 0 Å². The van der Waals surface area contributed by atoms with Crippen LogP contribution in [0.25, 0.3) is 0 Å². The fourth-order valence-corrected chi connectivity index (χ4v) is 3.93. The number of aryl methyl sites for hydroxylation is 1. The van der Waals surface area contributed by atoms with E-state index in [9.17, 15) is 18.5 Å². The topological polar surface area (TPSA) is 89.3 Å². The van der Waals surface area contributed by atoms with Gasteiger partial charge in [0.05, 0.1) is 9.82 Å². The van der Waals surface area contributed by atoms with Crippen LogP contribution < -0.4 is 4.72 Å². The molecule has 21 heavy (non-hydrogen) atoms. The summed E-state index contributed by atoms with van der Waals surface area (Å²) < 4.78 is 27.6. The number of sulfonamides is 1. The number of halogens is 1. The van der Waals surface area contributed by atoms with Crippen molar-refractivity contribution in [1.29, 1.82) is 0 Å². The van der Waals surface area contributed by atoms with Crippen molar-refractivity contribution in [2.24, 2.45) is 0 Å². The summed E-state index contributed by atoms with van der Waals surface area (Å²) in [4.78, 5) is 10.1. The average Bonchev–Trinajstić information content (AvgIpc) is 2.37. The molecule has 1 N–H and O–H groups in total. The van der Waals surface area contributed by atoms with Crippen LogP contribution in [-0.4, -0.2) is 18.9 Å². The molecule has 0 saturated heterocycles. The van der Waals surface area contributed by atoms with Crippen LogP contribution in [0, 0.1) is 17.0 Å². The minimum absolute atomic E-state index is 0.0785. The van der Waals surface area contributed by atoms with Crippen LogP contribution in [0.4, 0.5) is 5.69 Å². The van der Waals surface area contributed by atoms with Gasteiger partial charge in [0, 0.05) is 11.6 Å². The zero-order chi connectivity index (χ0) is 16.4. The maximum atomic E-state index is 12.5. The lowest BCUT2D eigenvalue weighted by atomic mass is 9.98. The Kier molecular flexibility index (Phi) is 5.35. The molecule has 6 nitrogen and oxygen atoms in total. The number of nitro groups is 1. The molecule has 0 bridgehead atoms. The van der Waals surface area contributed by atoms with Crippen molar-refractivity contribution in [2.75, 3.05) is 0 Å². The normalized spacial score (nSPS) is 12.4. The van der Waals surface area contributed by atoms with Crippen molar-refractivity contribution in [3.63, 3.8) is 0 Å². The summed E-state index contributed by atoms with van der Waals surface area (Å²) in [6.07, 6.45) is 1.22. The third-order valence-electron chi connectivity index (χ3n) is 3.67. The van der Waals surface area contributed by atoms with Crippen molar-refractivity contribution < 1.29 is 13.3 Å². The van der Waals surface area contributed by atoms with Gasteiger partial charge in [-0.2, -0.15) is 0 Å². The largest absolute Gasteiger partial charge is 0.289 e. The number of nitrogens with one attached hydrogen (secondary N) is 1. The number of nitrogens with zero attached hydrogens (tertiary/aromatic N) is 1. The van der Waals surface area contributed by atoms with Gasteiger partial charge in [0.2, 0.25) is 10.0 Å². The smallest absolute Gasteiger partial charge is 0.258 e. The molecular weight excluding hydrogens is 316 g/mol. The van der Waals surface area contributed by atoms with Crippen LogP contribution in [-0.2, 0) is 10.0 Å². The lowest BCUT2D eigenvalue weighted by molar-refractivity contribution is -0.384. The van der Waals surface area contributed by atoms with Crippen LogP contribution >= 0.6 is 11.6 Å². The Morgan fingerprint density at radius 3 is 2.29 bits per heavy atom. The minimum Gasteiger partial charge on any atom is -0.258 e. The maximum absolute atomic E-state index is 12.5. The molecule has 0 aliphatic rings. The lowest BCUT2D eigenvalue weighted by Crippen LogP contribution is -2.45. The summed E-state index contributed by atoms with van der Waals surface area (Å²) in [6.45, 7) is 7.11. The Bertz CT molecular complexity index is 654. The van der Waals surface area contributed by atoms with Crippen molar-refractivity contribution >= 4 is 27.3 Å². The van der Waals surface area contributed by atoms with Crippen molar-refractivity contribution in [2.45, 2.75) is 51.0 Å². The average molecular weight is 335 g/mol. The highest BCUT2D eigenvalue weighted by molar-refractivity contribution is 7.89. The standard InChI is InChI=1S/C13H19ClN2O4S/c1-5-13(4,6-2)15-21(19,20)12-8-11(16(17)18)10(14)7-9(12)3/h7-8,15H,5-6H2,1-4H3. The summed E-state index contributed by atoms with van der Waals surface area (Å²) in [6, 6.07) is 2.30. The van der Waals surface area contributed by atoms with Gasteiger partial charge in [-0.25, -0.2) is 13.1 Å². The predicted octanol–water partition coefficient (Wildman–Crippen LogP) is 3.41. The van der Waals surface area contributed by atoms with Crippen molar-refractivity contribution in [3.05, 3.63) is 32.8 Å². The summed E-state index contributed by atoms with van der Waals surface area (Å²) in [7, 11) is -3.86. The zero-order valence-electron chi connectivity index (χ0n) is 12.4. The van der Waals surface area contributed by atoms with E-state index in [2.05, 4.69) is 4.72 Å². The first kappa shape index (κ1) is 17.9. The summed E-state index contributed by atoms with van der Waals surface area (Å²) in [5.41, 5.74) is -0.648. The monoisotopic (exact) mass is 334 g/mol. The third-order valence-corrected chi connectivity index (χ3v) is 5.76. The number of hydrogen-bond acceptors (Lipinski definition) is 4. The molecule has 0 spiro atoms. The molecule has 0 atom stereocenters. The van der Waals surface area contributed by atoms with E-state index in [4.69, 9.17) is 11.6 Å². The Hall–Kier alpha value is -1.18. The first-order valence-electron chi connectivity index (χ1n) is 6.55. The molecule has 1 aromatic rings. The second kappa shape index (κ2) is 6.29. The molecule has 0 aliphatic heterocycles. The fraction of sp³-hybridized carbons (Fsp3) is 0.538. The number of benzene rings is 1. The zero-order valence-corrected chi connectivity index (χ0v) is 14.0. The van der Waals surface area contributed by atoms with E-state index in [0.717, 1.165) is 6.07 Å². The minimum atomic E-state index is -3.86. The van der Waals surface area contributed by atoms with Gasteiger partial charge in [-0.1, -0.05) is 25.4 Å². The molecule has 1 rings (SSSR count). The highest BCUT2D eigenvalue weighted by atomic mass is 35.5. The molecule has 1 aromatic carbocycles. The summed E-state index contributed by atoms with van der Waals surface area (Å²) >= 11 is 5.78. The van der Waals surface area contributed by atoms with E-state index in [0.29, 0.717) is 18.4 Å². The highest BCUT2D eigenvalue weighted by Crippen LogP contribution is 2.31. The van der Waals surface area contributed by atoms with Gasteiger partial charge < -0.3 is 0 Å². The number of rotatable bonds is 6. The molecule has 0 heterocycles. The van der Waals surface area contributed by atoms with Gasteiger partial charge in [-0.15, -0.1) is 0 Å². The molecule has 0 aliphatic carbocycles. The van der Waals surface area contributed by atoms with Crippen LogP contribution in [0.5, 0.6) is 0 Å². The Morgan fingerprint density at radius 2 is 1.86 bits per heavy atom.